The maximum Gasteiger partial charge on any atom is 0.106 e. The average molecular weight is 288 g/mol. The van der Waals surface area contributed by atoms with Crippen LogP contribution in [0.5, 0.6) is 0 Å². The van der Waals surface area contributed by atoms with Crippen LogP contribution in [0.25, 0.3) is 0 Å². The van der Waals surface area contributed by atoms with Gasteiger partial charge in [-0.15, -0.1) is 0 Å². The van der Waals surface area contributed by atoms with Gasteiger partial charge in [-0.2, -0.15) is 0 Å². The minimum atomic E-state index is 0.382. The molecule has 0 aliphatic carbocycles. The maximum atomic E-state index is 5.34. The first kappa shape index (κ1) is 9.46. The molecule has 1 aromatic rings. The van der Waals surface area contributed by atoms with E-state index in [2.05, 4.69) is 54.6 Å². The van der Waals surface area contributed by atoms with E-state index in [-0.39, 0.29) is 0 Å². The van der Waals surface area contributed by atoms with Crippen molar-refractivity contribution in [1.82, 2.24) is 0 Å². The fourth-order valence-electron chi connectivity index (χ4n) is 1.58. The largest absolute Gasteiger partial charge is 0.368 e. The molecule has 1 unspecified atom stereocenters. The van der Waals surface area contributed by atoms with Crippen LogP contribution in [-0.2, 0) is 4.74 Å². The second-order valence-electron chi connectivity index (χ2n) is 3.75. The van der Waals surface area contributed by atoms with Gasteiger partial charge in [-0.3, -0.25) is 0 Å². The van der Waals surface area contributed by atoms with E-state index in [4.69, 9.17) is 4.74 Å². The Labute approximate surface area is 92.6 Å². The van der Waals surface area contributed by atoms with Gasteiger partial charge in [0.1, 0.15) is 6.10 Å². The first-order chi connectivity index (χ1) is 6.18. The molecule has 0 aromatic heterocycles. The fourth-order valence-corrected chi connectivity index (χ4v) is 2.09. The fraction of sp³-hybridized carbons (Fsp3) is 0.455. The molecule has 0 amide bonds. The Morgan fingerprint density at radius 1 is 1.46 bits per heavy atom. The van der Waals surface area contributed by atoms with Gasteiger partial charge in [-0.05, 0) is 51.8 Å². The van der Waals surface area contributed by atoms with Crippen LogP contribution in [0.3, 0.4) is 0 Å². The molecule has 2 rings (SSSR count). The number of rotatable bonds is 2. The zero-order valence-electron chi connectivity index (χ0n) is 7.88. The smallest absolute Gasteiger partial charge is 0.106 e. The van der Waals surface area contributed by atoms with Crippen molar-refractivity contribution in [2.24, 2.45) is 0 Å². The van der Waals surface area contributed by atoms with E-state index in [1.54, 1.807) is 0 Å². The van der Waals surface area contributed by atoms with Crippen molar-refractivity contribution >= 4 is 22.6 Å². The monoisotopic (exact) mass is 288 g/mol. The molecule has 0 saturated carbocycles. The van der Waals surface area contributed by atoms with E-state index >= 15 is 0 Å². The van der Waals surface area contributed by atoms with Gasteiger partial charge in [0.25, 0.3) is 0 Å². The summed E-state index contributed by atoms with van der Waals surface area (Å²) < 4.78 is 6.64. The standard InChI is InChI=1S/C11H13IO/c1-7(2)9-4-3-8(12)5-10(9)11-6-13-11/h3-5,7,11H,6H2,1-2H3. The van der Waals surface area contributed by atoms with Crippen LogP contribution >= 0.6 is 22.6 Å². The number of hydrogen-bond acceptors (Lipinski definition) is 1. The number of epoxide rings is 1. The third kappa shape index (κ3) is 2.05. The molecule has 0 spiro atoms. The summed E-state index contributed by atoms with van der Waals surface area (Å²) in [5.41, 5.74) is 2.82. The molecule has 1 saturated heterocycles. The van der Waals surface area contributed by atoms with E-state index in [9.17, 15) is 0 Å². The van der Waals surface area contributed by atoms with E-state index in [0.717, 1.165) is 6.61 Å². The molecule has 0 radical (unpaired) electrons. The Morgan fingerprint density at radius 2 is 2.15 bits per heavy atom. The summed E-state index contributed by atoms with van der Waals surface area (Å²) in [7, 11) is 0. The Hall–Kier alpha value is -0.0900. The SMILES string of the molecule is CC(C)c1ccc(I)cc1C1CO1. The Morgan fingerprint density at radius 3 is 2.69 bits per heavy atom. The molecule has 13 heavy (non-hydrogen) atoms. The molecule has 0 bridgehead atoms. The van der Waals surface area contributed by atoms with Crippen LogP contribution in [0, 0.1) is 3.57 Å². The number of benzene rings is 1. The molecular weight excluding hydrogens is 275 g/mol. The second-order valence-corrected chi connectivity index (χ2v) is 5.00. The number of halogens is 1. The summed E-state index contributed by atoms with van der Waals surface area (Å²) in [4.78, 5) is 0. The van der Waals surface area contributed by atoms with Crippen LogP contribution in [-0.4, -0.2) is 6.61 Å². The lowest BCUT2D eigenvalue weighted by atomic mass is 9.96. The van der Waals surface area contributed by atoms with Crippen molar-refractivity contribution in [2.45, 2.75) is 25.9 Å². The third-order valence-corrected chi connectivity index (χ3v) is 3.02. The summed E-state index contributed by atoms with van der Waals surface area (Å²) in [6.45, 7) is 5.36. The highest BCUT2D eigenvalue weighted by molar-refractivity contribution is 14.1. The highest BCUT2D eigenvalue weighted by Crippen LogP contribution is 2.35. The molecule has 1 atom stereocenters. The third-order valence-electron chi connectivity index (χ3n) is 2.35. The summed E-state index contributed by atoms with van der Waals surface area (Å²) in [6, 6.07) is 6.64. The highest BCUT2D eigenvalue weighted by atomic mass is 127. The predicted octanol–water partition coefficient (Wildman–Crippen LogP) is 3.49. The van der Waals surface area contributed by atoms with Crippen LogP contribution in [0.15, 0.2) is 18.2 Å². The Balaban J connectivity index is 2.42. The topological polar surface area (TPSA) is 12.5 Å². The van der Waals surface area contributed by atoms with Crippen molar-refractivity contribution in [3.63, 3.8) is 0 Å². The minimum absolute atomic E-state index is 0.382. The minimum Gasteiger partial charge on any atom is -0.368 e. The molecule has 2 heteroatoms. The predicted molar refractivity (Wildman–Crippen MR) is 61.9 cm³/mol. The average Bonchev–Trinajstić information content (AvgIpc) is 2.85. The molecule has 1 aliphatic heterocycles. The van der Waals surface area contributed by atoms with E-state index in [1.807, 2.05) is 0 Å². The Bertz CT molecular complexity index is 316. The molecule has 1 aliphatic rings. The normalized spacial score (nSPS) is 20.8. The van der Waals surface area contributed by atoms with E-state index < -0.39 is 0 Å². The van der Waals surface area contributed by atoms with E-state index in [1.165, 1.54) is 14.7 Å². The molecule has 1 nitrogen and oxygen atoms in total. The molecular formula is C11H13IO. The first-order valence-electron chi connectivity index (χ1n) is 4.59. The lowest BCUT2D eigenvalue weighted by Crippen LogP contribution is -1.95. The van der Waals surface area contributed by atoms with Gasteiger partial charge in [0.2, 0.25) is 0 Å². The van der Waals surface area contributed by atoms with Crippen molar-refractivity contribution in [3.05, 3.63) is 32.9 Å². The lowest BCUT2D eigenvalue weighted by molar-refractivity contribution is 0.414. The molecule has 1 fully saturated rings. The summed E-state index contributed by atoms with van der Waals surface area (Å²) >= 11 is 2.35. The van der Waals surface area contributed by atoms with Crippen molar-refractivity contribution in [1.29, 1.82) is 0 Å². The van der Waals surface area contributed by atoms with Crippen LogP contribution in [0.2, 0.25) is 0 Å². The van der Waals surface area contributed by atoms with Gasteiger partial charge in [-0.25, -0.2) is 0 Å². The van der Waals surface area contributed by atoms with Crippen LogP contribution < -0.4 is 0 Å². The number of ether oxygens (including phenoxy) is 1. The van der Waals surface area contributed by atoms with Gasteiger partial charge >= 0.3 is 0 Å². The summed E-state index contributed by atoms with van der Waals surface area (Å²) in [6.07, 6.45) is 0.382. The lowest BCUT2D eigenvalue weighted by Gasteiger charge is -2.11. The quantitative estimate of drug-likeness (QED) is 0.599. The molecule has 1 aromatic carbocycles. The van der Waals surface area contributed by atoms with Gasteiger partial charge < -0.3 is 4.74 Å². The van der Waals surface area contributed by atoms with Crippen LogP contribution in [0.1, 0.15) is 37.0 Å². The van der Waals surface area contributed by atoms with Crippen molar-refractivity contribution < 1.29 is 4.74 Å². The Kier molecular flexibility index (Phi) is 2.60. The molecule has 0 N–H and O–H groups in total. The van der Waals surface area contributed by atoms with Gasteiger partial charge in [-0.1, -0.05) is 19.9 Å². The molecule has 70 valence electrons. The van der Waals surface area contributed by atoms with Crippen molar-refractivity contribution in [2.75, 3.05) is 6.61 Å². The molecule has 1 heterocycles. The van der Waals surface area contributed by atoms with Gasteiger partial charge in [0.05, 0.1) is 6.61 Å². The summed E-state index contributed by atoms with van der Waals surface area (Å²) in [5, 5.41) is 0. The van der Waals surface area contributed by atoms with Gasteiger partial charge in [0.15, 0.2) is 0 Å². The van der Waals surface area contributed by atoms with Gasteiger partial charge in [0, 0.05) is 3.57 Å². The zero-order chi connectivity index (χ0) is 9.42. The number of hydrogen-bond donors (Lipinski definition) is 0. The summed E-state index contributed by atoms with van der Waals surface area (Å²) in [5.74, 6) is 0.594. The van der Waals surface area contributed by atoms with E-state index in [0.29, 0.717) is 12.0 Å². The highest BCUT2D eigenvalue weighted by Gasteiger charge is 2.27. The first-order valence-corrected chi connectivity index (χ1v) is 5.67. The van der Waals surface area contributed by atoms with Crippen molar-refractivity contribution in [3.8, 4) is 0 Å². The zero-order valence-corrected chi connectivity index (χ0v) is 10.0. The van der Waals surface area contributed by atoms with Crippen LogP contribution in [0.4, 0.5) is 0 Å². The second kappa shape index (κ2) is 3.58. The maximum absolute atomic E-state index is 5.34.